The fourth-order valence-electron chi connectivity index (χ4n) is 2.73. The predicted molar refractivity (Wildman–Crippen MR) is 90.7 cm³/mol. The van der Waals surface area contributed by atoms with Crippen molar-refractivity contribution in [3.63, 3.8) is 0 Å². The van der Waals surface area contributed by atoms with Crippen molar-refractivity contribution in [1.29, 1.82) is 5.26 Å². The van der Waals surface area contributed by atoms with Crippen LogP contribution in [0.25, 0.3) is 0 Å². The molecule has 6 nitrogen and oxygen atoms in total. The Morgan fingerprint density at radius 3 is 2.85 bits per heavy atom. The van der Waals surface area contributed by atoms with Crippen LogP contribution < -0.4 is 9.46 Å². The molecule has 0 saturated heterocycles. The van der Waals surface area contributed by atoms with Gasteiger partial charge in [0.2, 0.25) is 5.91 Å². The van der Waals surface area contributed by atoms with Gasteiger partial charge in [-0.05, 0) is 36.8 Å². The fourth-order valence-corrected chi connectivity index (χ4v) is 4.10. The molecule has 1 heterocycles. The molecule has 2 aromatic rings. The smallest absolute Gasteiger partial charge is 0.265 e. The highest BCUT2D eigenvalue weighted by Gasteiger charge is 2.32. The highest BCUT2D eigenvalue weighted by atomic mass is 35.5. The van der Waals surface area contributed by atoms with E-state index in [0.717, 1.165) is 18.2 Å². The van der Waals surface area contributed by atoms with Crippen LogP contribution in [0.3, 0.4) is 0 Å². The Bertz CT molecular complexity index is 1030. The van der Waals surface area contributed by atoms with Gasteiger partial charge in [-0.15, -0.1) is 0 Å². The van der Waals surface area contributed by atoms with Gasteiger partial charge in [0.1, 0.15) is 28.1 Å². The molecule has 1 N–H and O–H groups in total. The van der Waals surface area contributed by atoms with Crippen LogP contribution in [0.15, 0.2) is 41.3 Å². The van der Waals surface area contributed by atoms with Gasteiger partial charge in [0.15, 0.2) is 0 Å². The number of halogens is 2. The first-order chi connectivity index (χ1) is 12.3. The molecule has 2 aromatic carbocycles. The molecule has 0 saturated carbocycles. The van der Waals surface area contributed by atoms with Crippen molar-refractivity contribution in [3.05, 3.63) is 58.4 Å². The normalized spacial score (nSPS) is 16.1. The van der Waals surface area contributed by atoms with Gasteiger partial charge in [-0.3, -0.25) is 4.79 Å². The number of carbonyl (C=O) groups is 1. The maximum atomic E-state index is 13.7. The molecule has 9 heteroatoms. The quantitative estimate of drug-likeness (QED) is 0.863. The molecule has 0 fully saturated rings. The number of fused-ring (bicyclic) bond motifs is 1. The Balaban J connectivity index is 1.93. The average molecular weight is 395 g/mol. The van der Waals surface area contributed by atoms with Gasteiger partial charge < -0.3 is 4.74 Å². The number of benzene rings is 2. The van der Waals surface area contributed by atoms with Crippen molar-refractivity contribution >= 4 is 27.5 Å². The third-order valence-electron chi connectivity index (χ3n) is 3.94. The van der Waals surface area contributed by atoms with Gasteiger partial charge in [-0.2, -0.15) is 5.26 Å². The molecule has 1 aliphatic rings. The Kier molecular flexibility index (Phi) is 4.85. The van der Waals surface area contributed by atoms with Gasteiger partial charge in [0.05, 0.1) is 12.5 Å². The average Bonchev–Trinajstić information content (AvgIpc) is 2.60. The van der Waals surface area contributed by atoms with E-state index in [0.29, 0.717) is 16.3 Å². The van der Waals surface area contributed by atoms with E-state index in [4.69, 9.17) is 21.6 Å². The number of nitrogens with zero attached hydrogens (tertiary/aromatic N) is 1. The number of amides is 1. The molecule has 3 rings (SSSR count). The van der Waals surface area contributed by atoms with E-state index in [2.05, 4.69) is 0 Å². The first kappa shape index (κ1) is 18.2. The zero-order valence-electron chi connectivity index (χ0n) is 13.2. The van der Waals surface area contributed by atoms with Gasteiger partial charge in [0, 0.05) is 10.6 Å². The number of hydrogen-bond donors (Lipinski definition) is 1. The van der Waals surface area contributed by atoms with Crippen LogP contribution in [0, 0.1) is 17.1 Å². The second-order valence-corrected chi connectivity index (χ2v) is 7.65. The summed E-state index contributed by atoms with van der Waals surface area (Å²) in [5.41, 5.74) is -0.181. The maximum absolute atomic E-state index is 13.7. The third-order valence-corrected chi connectivity index (χ3v) is 5.56. The topological polar surface area (TPSA) is 96.3 Å². The summed E-state index contributed by atoms with van der Waals surface area (Å²) in [5, 5.41) is 9.39. The van der Waals surface area contributed by atoms with Gasteiger partial charge >= 0.3 is 0 Å². The van der Waals surface area contributed by atoms with E-state index in [1.165, 1.54) is 12.1 Å². The number of sulfonamides is 1. The molecule has 0 aliphatic carbocycles. The number of nitriles is 1. The van der Waals surface area contributed by atoms with Crippen molar-refractivity contribution in [1.82, 2.24) is 4.72 Å². The Labute approximate surface area is 154 Å². The standard InChI is InChI=1S/C17H12ClFN2O4S/c18-10-4-5-15-12(8-10)11(6-7-25-15)17(22)21-26(23,24)16-3-1-2-14(19)13(16)9-20/h1-5,8,11H,6-7H2,(H,21,22)/t11-/m1/s1. The molecule has 1 amide bonds. The van der Waals surface area contributed by atoms with Gasteiger partial charge in [-0.1, -0.05) is 17.7 Å². The van der Waals surface area contributed by atoms with E-state index in [1.54, 1.807) is 12.1 Å². The lowest BCUT2D eigenvalue weighted by molar-refractivity contribution is -0.121. The minimum Gasteiger partial charge on any atom is -0.493 e. The molecular formula is C17H12ClFN2O4S. The zero-order chi connectivity index (χ0) is 18.9. The first-order valence-corrected chi connectivity index (χ1v) is 9.37. The summed E-state index contributed by atoms with van der Waals surface area (Å²) in [5.74, 6) is -2.14. The van der Waals surface area contributed by atoms with E-state index >= 15 is 0 Å². The second kappa shape index (κ2) is 6.94. The van der Waals surface area contributed by atoms with E-state index in [9.17, 15) is 17.6 Å². The number of nitrogens with one attached hydrogen (secondary N) is 1. The van der Waals surface area contributed by atoms with Crippen LogP contribution in [0.2, 0.25) is 5.02 Å². The molecule has 0 aromatic heterocycles. The molecule has 1 aliphatic heterocycles. The third kappa shape index (κ3) is 3.36. The monoisotopic (exact) mass is 394 g/mol. The fraction of sp³-hybridized carbons (Fsp3) is 0.176. The highest BCUT2D eigenvalue weighted by molar-refractivity contribution is 7.90. The second-order valence-electron chi connectivity index (χ2n) is 5.57. The summed E-state index contributed by atoms with van der Waals surface area (Å²) in [6.07, 6.45) is 0.253. The highest BCUT2D eigenvalue weighted by Crippen LogP contribution is 2.36. The Morgan fingerprint density at radius 1 is 1.35 bits per heavy atom. The molecule has 0 spiro atoms. The van der Waals surface area contributed by atoms with E-state index in [1.807, 2.05) is 4.72 Å². The van der Waals surface area contributed by atoms with Crippen LogP contribution in [-0.2, 0) is 14.8 Å². The summed E-state index contributed by atoms with van der Waals surface area (Å²) in [7, 11) is -4.42. The van der Waals surface area contributed by atoms with Crippen molar-refractivity contribution in [2.24, 2.45) is 0 Å². The largest absolute Gasteiger partial charge is 0.493 e. The van der Waals surface area contributed by atoms with Crippen LogP contribution in [0.5, 0.6) is 5.75 Å². The van der Waals surface area contributed by atoms with Crippen LogP contribution >= 0.6 is 11.6 Å². The summed E-state index contributed by atoms with van der Waals surface area (Å²) in [4.78, 5) is 12.0. The number of hydrogen-bond acceptors (Lipinski definition) is 5. The molecule has 0 unspecified atom stereocenters. The molecule has 0 radical (unpaired) electrons. The predicted octanol–water partition coefficient (Wildman–Crippen LogP) is 2.72. The van der Waals surface area contributed by atoms with Crippen molar-refractivity contribution in [2.75, 3.05) is 6.61 Å². The summed E-state index contributed by atoms with van der Waals surface area (Å²) < 4.78 is 46.0. The molecule has 26 heavy (non-hydrogen) atoms. The van der Waals surface area contributed by atoms with E-state index < -0.39 is 38.1 Å². The van der Waals surface area contributed by atoms with Gasteiger partial charge in [-0.25, -0.2) is 17.5 Å². The van der Waals surface area contributed by atoms with Gasteiger partial charge in [0.25, 0.3) is 10.0 Å². The first-order valence-electron chi connectivity index (χ1n) is 7.51. The minimum absolute atomic E-state index is 0.232. The molecular weight excluding hydrogens is 383 g/mol. The summed E-state index contributed by atoms with van der Waals surface area (Å²) in [6.45, 7) is 0.232. The lowest BCUT2D eigenvalue weighted by atomic mass is 9.93. The number of rotatable bonds is 3. The van der Waals surface area contributed by atoms with E-state index in [-0.39, 0.29) is 13.0 Å². The van der Waals surface area contributed by atoms with Crippen LogP contribution in [0.4, 0.5) is 4.39 Å². The van der Waals surface area contributed by atoms with Crippen molar-refractivity contribution in [2.45, 2.75) is 17.2 Å². The summed E-state index contributed by atoms with van der Waals surface area (Å²) >= 11 is 5.95. The van der Waals surface area contributed by atoms with Crippen molar-refractivity contribution in [3.8, 4) is 11.8 Å². The number of carbonyl (C=O) groups excluding carboxylic acids is 1. The lowest BCUT2D eigenvalue weighted by Crippen LogP contribution is -2.37. The molecule has 1 atom stereocenters. The van der Waals surface area contributed by atoms with Crippen molar-refractivity contribution < 1.29 is 22.3 Å². The Hall–Kier alpha value is -2.63. The molecule has 0 bridgehead atoms. The maximum Gasteiger partial charge on any atom is 0.265 e. The Morgan fingerprint density at radius 2 is 2.12 bits per heavy atom. The van der Waals surface area contributed by atoms with Crippen LogP contribution in [-0.4, -0.2) is 20.9 Å². The van der Waals surface area contributed by atoms with Crippen LogP contribution in [0.1, 0.15) is 23.5 Å². The summed E-state index contributed by atoms with van der Waals surface area (Å²) in [6, 6.07) is 9.43. The zero-order valence-corrected chi connectivity index (χ0v) is 14.8. The molecule has 134 valence electrons. The SMILES string of the molecule is N#Cc1c(F)cccc1S(=O)(=O)NC(=O)[C@@H]1CCOc2ccc(Cl)cc21. The lowest BCUT2D eigenvalue weighted by Gasteiger charge is -2.25. The number of ether oxygens (including phenoxy) is 1. The minimum atomic E-state index is -4.42.